The molecule has 2 aromatic carbocycles. The molecule has 34 heavy (non-hydrogen) atoms. The summed E-state index contributed by atoms with van der Waals surface area (Å²) in [5.41, 5.74) is 4.12. The average molecular weight is 451 g/mol. The van der Waals surface area contributed by atoms with Crippen molar-refractivity contribution in [3.8, 4) is 34.4 Å². The molecule has 0 spiro atoms. The number of nitriles is 1. The lowest BCUT2D eigenvalue weighted by Crippen LogP contribution is -1.98. The maximum atomic E-state index is 12.9. The van der Waals surface area contributed by atoms with Crippen molar-refractivity contribution in [2.24, 2.45) is 0 Å². The number of carbonyl (C=O) groups excluding carboxylic acids is 1. The van der Waals surface area contributed by atoms with Crippen LogP contribution in [0.4, 0.5) is 0 Å². The number of aromatic hydroxyl groups is 1. The number of hydrogen-bond donors (Lipinski definition) is 1. The van der Waals surface area contributed by atoms with Crippen LogP contribution in [0.2, 0.25) is 0 Å². The van der Waals surface area contributed by atoms with Crippen LogP contribution in [0.5, 0.6) is 17.2 Å². The zero-order chi connectivity index (χ0) is 23.7. The number of allylic oxidation sites excluding steroid dienone is 1. The summed E-state index contributed by atoms with van der Waals surface area (Å²) in [5, 5.41) is 19.7. The van der Waals surface area contributed by atoms with Gasteiger partial charge in [-0.3, -0.25) is 9.78 Å². The number of phenolic OH excluding ortho intramolecular Hbond substituents is 1. The molecule has 0 saturated carbocycles. The predicted molar refractivity (Wildman–Crippen MR) is 128 cm³/mol. The molecule has 1 aliphatic heterocycles. The van der Waals surface area contributed by atoms with E-state index in [1.807, 2.05) is 30.5 Å². The van der Waals surface area contributed by atoms with E-state index in [1.165, 1.54) is 12.1 Å². The number of ether oxygens (including phenoxy) is 2. The molecule has 0 unspecified atom stereocenters. The molecule has 168 valence electrons. The second-order valence-electron chi connectivity index (χ2n) is 7.97. The molecule has 0 atom stereocenters. The first-order valence-electron chi connectivity index (χ1n) is 10.8. The van der Waals surface area contributed by atoms with Crippen molar-refractivity contribution in [3.63, 3.8) is 0 Å². The van der Waals surface area contributed by atoms with E-state index in [2.05, 4.69) is 15.6 Å². The van der Waals surface area contributed by atoms with Crippen LogP contribution in [0.15, 0.2) is 66.8 Å². The van der Waals surface area contributed by atoms with E-state index >= 15 is 0 Å². The fraction of sp³-hybridized carbons (Fsp3) is 0.148. The van der Waals surface area contributed by atoms with Gasteiger partial charge in [0.1, 0.15) is 17.2 Å². The van der Waals surface area contributed by atoms with Gasteiger partial charge in [0, 0.05) is 54.1 Å². The second kappa shape index (κ2) is 8.75. The largest absolute Gasteiger partial charge is 0.508 e. The lowest BCUT2D eigenvalue weighted by molar-refractivity contribution is 0.101. The van der Waals surface area contributed by atoms with Gasteiger partial charge in [-0.25, -0.2) is 0 Å². The Bertz CT molecular complexity index is 1480. The number of ketones is 1. The third-order valence-electron chi connectivity index (χ3n) is 5.83. The van der Waals surface area contributed by atoms with Gasteiger partial charge in [0.15, 0.2) is 5.76 Å². The van der Waals surface area contributed by atoms with Gasteiger partial charge in [0.05, 0.1) is 24.3 Å². The van der Waals surface area contributed by atoms with Gasteiger partial charge in [0.25, 0.3) is 0 Å². The number of fused-ring (bicyclic) bond motifs is 2. The Labute approximate surface area is 196 Å². The maximum absolute atomic E-state index is 12.9. The first-order chi connectivity index (χ1) is 16.6. The lowest BCUT2D eigenvalue weighted by atomic mass is 10.0. The summed E-state index contributed by atoms with van der Waals surface area (Å²) in [6, 6.07) is 14.4. The SMILES string of the molecule is COc1cc(-c2ccncc2)c2c(c1)c(C=C1Oc3cc(O)ccc3C1=O)cn2CCCC#N. The smallest absolute Gasteiger partial charge is 0.231 e. The van der Waals surface area contributed by atoms with Crippen LogP contribution in [0, 0.1) is 11.3 Å². The molecule has 4 aromatic rings. The van der Waals surface area contributed by atoms with Gasteiger partial charge in [-0.15, -0.1) is 0 Å². The molecular weight excluding hydrogens is 430 g/mol. The normalized spacial score (nSPS) is 13.6. The number of methoxy groups -OCH3 is 1. The van der Waals surface area contributed by atoms with E-state index in [9.17, 15) is 9.90 Å². The molecule has 0 fully saturated rings. The summed E-state index contributed by atoms with van der Waals surface area (Å²) >= 11 is 0. The summed E-state index contributed by atoms with van der Waals surface area (Å²) in [4.78, 5) is 17.1. The Hall–Kier alpha value is -4.57. The third kappa shape index (κ3) is 3.76. The molecule has 0 bridgehead atoms. The fourth-order valence-corrected chi connectivity index (χ4v) is 4.25. The molecule has 7 nitrogen and oxygen atoms in total. The first kappa shape index (κ1) is 21.3. The Balaban J connectivity index is 1.69. The number of Topliss-reactive ketones (excluding diaryl/α,β-unsaturated/α-hetero) is 1. The highest BCUT2D eigenvalue weighted by atomic mass is 16.5. The Morgan fingerprint density at radius 3 is 2.76 bits per heavy atom. The monoisotopic (exact) mass is 451 g/mol. The molecule has 1 aliphatic rings. The summed E-state index contributed by atoms with van der Waals surface area (Å²) in [6.45, 7) is 0.639. The number of rotatable bonds is 6. The second-order valence-corrected chi connectivity index (χ2v) is 7.97. The number of nitrogens with zero attached hydrogens (tertiary/aromatic N) is 3. The lowest BCUT2D eigenvalue weighted by Gasteiger charge is -2.11. The van der Waals surface area contributed by atoms with E-state index in [1.54, 1.807) is 31.6 Å². The minimum atomic E-state index is -0.238. The van der Waals surface area contributed by atoms with Crippen LogP contribution in [-0.4, -0.2) is 27.6 Å². The molecule has 5 rings (SSSR count). The van der Waals surface area contributed by atoms with E-state index in [4.69, 9.17) is 14.7 Å². The van der Waals surface area contributed by atoms with Crippen LogP contribution >= 0.6 is 0 Å². The van der Waals surface area contributed by atoms with E-state index in [-0.39, 0.29) is 17.3 Å². The standard InChI is InChI=1S/C27H21N3O4/c1-33-20-14-22(17-6-9-29-10-7-17)26-23(15-20)18(16-30(26)11-3-2-8-28)12-25-27(32)21-5-4-19(31)13-24(21)34-25/h4-7,9-10,12-16,31H,2-3,11H2,1H3. The molecule has 0 aliphatic carbocycles. The topological polar surface area (TPSA) is 97.4 Å². The quantitative estimate of drug-likeness (QED) is 0.314. The molecular formula is C27H21N3O4. The van der Waals surface area contributed by atoms with Gasteiger partial charge in [-0.05, 0) is 54.5 Å². The number of phenols is 1. The number of unbranched alkanes of at least 4 members (excludes halogenated alkanes) is 1. The summed E-state index contributed by atoms with van der Waals surface area (Å²) in [6.07, 6.45) is 8.30. The summed E-state index contributed by atoms with van der Waals surface area (Å²) in [7, 11) is 1.62. The van der Waals surface area contributed by atoms with Gasteiger partial charge in [-0.1, -0.05) is 0 Å². The number of carbonyl (C=O) groups is 1. The first-order valence-corrected chi connectivity index (χ1v) is 10.8. The fourth-order valence-electron chi connectivity index (χ4n) is 4.25. The highest BCUT2D eigenvalue weighted by molar-refractivity contribution is 6.15. The Kier molecular flexibility index (Phi) is 5.48. The molecule has 2 aromatic heterocycles. The maximum Gasteiger partial charge on any atom is 0.231 e. The number of pyridine rings is 1. The van der Waals surface area contributed by atoms with Gasteiger partial charge < -0.3 is 19.1 Å². The van der Waals surface area contributed by atoms with E-state index in [0.29, 0.717) is 36.4 Å². The van der Waals surface area contributed by atoms with E-state index < -0.39 is 0 Å². The van der Waals surface area contributed by atoms with Crippen LogP contribution in [0.1, 0.15) is 28.8 Å². The predicted octanol–water partition coefficient (Wildman–Crippen LogP) is 5.34. The van der Waals surface area contributed by atoms with Gasteiger partial charge in [-0.2, -0.15) is 5.26 Å². The third-order valence-corrected chi connectivity index (χ3v) is 5.83. The van der Waals surface area contributed by atoms with Crippen molar-refractivity contribution < 1.29 is 19.4 Å². The molecule has 0 radical (unpaired) electrons. The number of aryl methyl sites for hydroxylation is 1. The minimum Gasteiger partial charge on any atom is -0.508 e. The van der Waals surface area contributed by atoms with Crippen LogP contribution < -0.4 is 9.47 Å². The number of hydrogen-bond acceptors (Lipinski definition) is 6. The van der Waals surface area contributed by atoms with Crippen molar-refractivity contribution >= 4 is 22.8 Å². The van der Waals surface area contributed by atoms with E-state index in [0.717, 1.165) is 27.6 Å². The average Bonchev–Trinajstić information content (AvgIpc) is 3.36. The minimum absolute atomic E-state index is 0.0358. The number of aromatic nitrogens is 2. The molecule has 3 heterocycles. The molecule has 1 N–H and O–H groups in total. The van der Waals surface area contributed by atoms with Gasteiger partial charge in [0.2, 0.25) is 5.78 Å². The number of benzene rings is 2. The van der Waals surface area contributed by atoms with Crippen molar-refractivity contribution in [2.45, 2.75) is 19.4 Å². The molecule has 7 heteroatoms. The van der Waals surface area contributed by atoms with Crippen LogP contribution in [-0.2, 0) is 6.54 Å². The van der Waals surface area contributed by atoms with Crippen LogP contribution in [0.25, 0.3) is 28.1 Å². The van der Waals surface area contributed by atoms with Crippen LogP contribution in [0.3, 0.4) is 0 Å². The van der Waals surface area contributed by atoms with Gasteiger partial charge >= 0.3 is 0 Å². The zero-order valence-electron chi connectivity index (χ0n) is 18.5. The molecule has 0 saturated heterocycles. The van der Waals surface area contributed by atoms with Crippen molar-refractivity contribution in [1.29, 1.82) is 5.26 Å². The van der Waals surface area contributed by atoms with Crippen molar-refractivity contribution in [3.05, 3.63) is 77.9 Å². The molecule has 0 amide bonds. The highest BCUT2D eigenvalue weighted by Crippen LogP contribution is 2.39. The Morgan fingerprint density at radius 2 is 2.00 bits per heavy atom. The highest BCUT2D eigenvalue weighted by Gasteiger charge is 2.28. The Morgan fingerprint density at radius 1 is 1.18 bits per heavy atom. The summed E-state index contributed by atoms with van der Waals surface area (Å²) < 4.78 is 13.5. The summed E-state index contributed by atoms with van der Waals surface area (Å²) in [5.74, 6) is 1.00. The van der Waals surface area contributed by atoms with Crippen molar-refractivity contribution in [2.75, 3.05) is 7.11 Å². The zero-order valence-corrected chi connectivity index (χ0v) is 18.5. The van der Waals surface area contributed by atoms with Crippen molar-refractivity contribution in [1.82, 2.24) is 9.55 Å².